The van der Waals surface area contributed by atoms with Crippen molar-refractivity contribution in [2.75, 3.05) is 4.72 Å². The van der Waals surface area contributed by atoms with Crippen LogP contribution < -0.4 is 4.72 Å². The number of sulfonamides is 1. The maximum absolute atomic E-state index is 13.1. The summed E-state index contributed by atoms with van der Waals surface area (Å²) in [5.74, 6) is 0. The summed E-state index contributed by atoms with van der Waals surface area (Å²) in [7, 11) is -4.38. The second-order valence-electron chi connectivity index (χ2n) is 5.43. The van der Waals surface area contributed by atoms with Gasteiger partial charge in [0.2, 0.25) is 0 Å². The van der Waals surface area contributed by atoms with E-state index >= 15 is 0 Å². The third-order valence-corrected chi connectivity index (χ3v) is 5.75. The van der Waals surface area contributed by atoms with Crippen molar-refractivity contribution in [3.63, 3.8) is 0 Å². The molecule has 0 radical (unpaired) electrons. The lowest BCUT2D eigenvalue weighted by Crippen LogP contribution is -2.18. The van der Waals surface area contributed by atoms with E-state index in [4.69, 9.17) is 0 Å². The van der Waals surface area contributed by atoms with E-state index in [9.17, 15) is 21.6 Å². The number of nitrogens with one attached hydrogen (secondary N) is 1. The van der Waals surface area contributed by atoms with Gasteiger partial charge in [0, 0.05) is 16.6 Å². The predicted molar refractivity (Wildman–Crippen MR) is 94.5 cm³/mol. The van der Waals surface area contributed by atoms with Crippen LogP contribution in [0.25, 0.3) is 11.3 Å². The third kappa shape index (κ3) is 3.88. The third-order valence-electron chi connectivity index (χ3n) is 3.53. The van der Waals surface area contributed by atoms with Gasteiger partial charge >= 0.3 is 6.18 Å². The number of thiazole rings is 1. The minimum atomic E-state index is -4.77. The average Bonchev–Trinajstić information content (AvgIpc) is 3.01. The smallest absolute Gasteiger partial charge is 0.280 e. The molecule has 0 fully saturated rings. The van der Waals surface area contributed by atoms with E-state index in [2.05, 4.69) is 9.71 Å². The molecule has 26 heavy (non-hydrogen) atoms. The molecule has 1 heterocycles. The number of aromatic nitrogens is 1. The standard InChI is InChI=1S/C17H13F3N2O2S2/c1-11-21-15(10-25-11)12-6-8-13(9-7-12)22-26(23,24)16-5-3-2-4-14(16)17(18,19)20/h2-10,22H,1H3. The van der Waals surface area contributed by atoms with Gasteiger partial charge in [0.25, 0.3) is 10.0 Å². The van der Waals surface area contributed by atoms with Crippen LogP contribution in [-0.4, -0.2) is 13.4 Å². The molecule has 1 N–H and O–H groups in total. The van der Waals surface area contributed by atoms with Crippen LogP contribution in [0.15, 0.2) is 58.8 Å². The van der Waals surface area contributed by atoms with Crippen LogP contribution in [0.5, 0.6) is 0 Å². The fourth-order valence-corrected chi connectivity index (χ4v) is 4.26. The van der Waals surface area contributed by atoms with Crippen LogP contribution in [0.2, 0.25) is 0 Å². The molecule has 0 bridgehead atoms. The van der Waals surface area contributed by atoms with E-state index in [0.717, 1.165) is 34.5 Å². The number of aryl methyl sites for hydroxylation is 1. The van der Waals surface area contributed by atoms with E-state index in [-0.39, 0.29) is 5.69 Å². The topological polar surface area (TPSA) is 59.1 Å². The SMILES string of the molecule is Cc1nc(-c2ccc(NS(=O)(=O)c3ccccc3C(F)(F)F)cc2)cs1. The van der Waals surface area contributed by atoms with Crippen LogP contribution in [-0.2, 0) is 16.2 Å². The first-order valence-corrected chi connectivity index (χ1v) is 9.75. The van der Waals surface area contributed by atoms with Gasteiger partial charge in [0.15, 0.2) is 0 Å². The molecule has 0 aliphatic rings. The van der Waals surface area contributed by atoms with Crippen molar-refractivity contribution in [3.05, 3.63) is 64.5 Å². The number of rotatable bonds is 4. The molecule has 9 heteroatoms. The molecular weight excluding hydrogens is 385 g/mol. The number of nitrogens with zero attached hydrogens (tertiary/aromatic N) is 1. The number of halogens is 3. The summed E-state index contributed by atoms with van der Waals surface area (Å²) in [6.45, 7) is 1.87. The minimum absolute atomic E-state index is 0.165. The second kappa shape index (κ2) is 6.73. The quantitative estimate of drug-likeness (QED) is 0.677. The molecule has 0 atom stereocenters. The molecule has 2 aromatic carbocycles. The van der Waals surface area contributed by atoms with Crippen molar-refractivity contribution in [2.24, 2.45) is 0 Å². The molecule has 1 aromatic heterocycles. The van der Waals surface area contributed by atoms with Gasteiger partial charge in [-0.2, -0.15) is 13.2 Å². The van der Waals surface area contributed by atoms with Crippen LogP contribution in [0.1, 0.15) is 10.6 Å². The fourth-order valence-electron chi connectivity index (χ4n) is 2.35. The Bertz CT molecular complexity index is 1030. The largest absolute Gasteiger partial charge is 0.417 e. The highest BCUT2D eigenvalue weighted by atomic mass is 32.2. The predicted octanol–water partition coefficient (Wildman–Crippen LogP) is 4.94. The number of alkyl halides is 3. The van der Waals surface area contributed by atoms with E-state index in [0.29, 0.717) is 0 Å². The Labute approximate surface area is 152 Å². The van der Waals surface area contributed by atoms with Crippen molar-refractivity contribution in [2.45, 2.75) is 18.0 Å². The highest BCUT2D eigenvalue weighted by Gasteiger charge is 2.36. The number of hydrogen-bond acceptors (Lipinski definition) is 4. The summed E-state index contributed by atoms with van der Waals surface area (Å²) in [4.78, 5) is 3.51. The molecule has 3 aromatic rings. The Hall–Kier alpha value is -2.39. The number of benzene rings is 2. The Morgan fingerprint density at radius 2 is 1.69 bits per heavy atom. The van der Waals surface area contributed by atoms with Crippen LogP contribution >= 0.6 is 11.3 Å². The van der Waals surface area contributed by atoms with Crippen molar-refractivity contribution >= 4 is 27.0 Å². The molecule has 136 valence electrons. The summed E-state index contributed by atoms with van der Waals surface area (Å²) < 4.78 is 66.2. The first-order chi connectivity index (χ1) is 12.2. The number of hydrogen-bond donors (Lipinski definition) is 1. The van der Waals surface area contributed by atoms with Crippen molar-refractivity contribution in [1.29, 1.82) is 0 Å². The van der Waals surface area contributed by atoms with Gasteiger partial charge in [-0.15, -0.1) is 11.3 Å². The van der Waals surface area contributed by atoms with E-state index in [1.54, 1.807) is 12.1 Å². The van der Waals surface area contributed by atoms with Crippen molar-refractivity contribution in [1.82, 2.24) is 4.98 Å². The minimum Gasteiger partial charge on any atom is -0.280 e. The Morgan fingerprint density at radius 1 is 1.04 bits per heavy atom. The van der Waals surface area contributed by atoms with E-state index in [1.807, 2.05) is 12.3 Å². The van der Waals surface area contributed by atoms with Crippen molar-refractivity contribution in [3.8, 4) is 11.3 Å². The zero-order chi connectivity index (χ0) is 18.9. The second-order valence-corrected chi connectivity index (χ2v) is 8.14. The highest BCUT2D eigenvalue weighted by molar-refractivity contribution is 7.92. The summed E-state index contributed by atoms with van der Waals surface area (Å²) in [5, 5.41) is 2.77. The Morgan fingerprint density at radius 3 is 2.27 bits per heavy atom. The molecule has 0 amide bonds. The Kier molecular flexibility index (Phi) is 4.76. The van der Waals surface area contributed by atoms with Gasteiger partial charge in [-0.1, -0.05) is 24.3 Å². The molecule has 0 saturated carbocycles. The monoisotopic (exact) mass is 398 g/mol. The summed E-state index contributed by atoms with van der Waals surface area (Å²) in [5.41, 5.74) is 0.497. The molecule has 4 nitrogen and oxygen atoms in total. The lowest BCUT2D eigenvalue weighted by Gasteiger charge is -2.14. The van der Waals surface area contributed by atoms with Gasteiger partial charge in [0.1, 0.15) is 0 Å². The van der Waals surface area contributed by atoms with Crippen LogP contribution in [0.4, 0.5) is 18.9 Å². The maximum Gasteiger partial charge on any atom is 0.417 e. The summed E-state index contributed by atoms with van der Waals surface area (Å²) in [6.07, 6.45) is -4.77. The summed E-state index contributed by atoms with van der Waals surface area (Å²) in [6, 6.07) is 10.3. The van der Waals surface area contributed by atoms with Gasteiger partial charge in [-0.25, -0.2) is 13.4 Å². The lowest BCUT2D eigenvalue weighted by molar-refractivity contribution is -0.139. The normalized spacial score (nSPS) is 12.2. The lowest BCUT2D eigenvalue weighted by atomic mass is 10.1. The van der Waals surface area contributed by atoms with Gasteiger partial charge in [0.05, 0.1) is 21.2 Å². The van der Waals surface area contributed by atoms with Gasteiger partial charge < -0.3 is 0 Å². The average molecular weight is 398 g/mol. The molecule has 0 spiro atoms. The molecule has 0 aliphatic heterocycles. The van der Waals surface area contributed by atoms with E-state index < -0.39 is 26.7 Å². The molecule has 3 rings (SSSR count). The van der Waals surface area contributed by atoms with Crippen LogP contribution in [0, 0.1) is 6.92 Å². The summed E-state index contributed by atoms with van der Waals surface area (Å²) >= 11 is 1.49. The molecule has 0 unspecified atom stereocenters. The number of anilines is 1. The van der Waals surface area contributed by atoms with Gasteiger partial charge in [-0.05, 0) is 31.2 Å². The Balaban J connectivity index is 1.89. The molecule has 0 aliphatic carbocycles. The first kappa shape index (κ1) is 18.4. The first-order valence-electron chi connectivity index (χ1n) is 7.38. The van der Waals surface area contributed by atoms with E-state index in [1.165, 1.54) is 29.5 Å². The zero-order valence-electron chi connectivity index (χ0n) is 13.4. The zero-order valence-corrected chi connectivity index (χ0v) is 15.0. The van der Waals surface area contributed by atoms with Crippen molar-refractivity contribution < 1.29 is 21.6 Å². The van der Waals surface area contributed by atoms with Gasteiger partial charge in [-0.3, -0.25) is 4.72 Å². The van der Waals surface area contributed by atoms with Crippen LogP contribution in [0.3, 0.4) is 0 Å². The highest BCUT2D eigenvalue weighted by Crippen LogP contribution is 2.34. The molecular formula is C17H13F3N2O2S2. The fraction of sp³-hybridized carbons (Fsp3) is 0.118. The molecule has 0 saturated heterocycles. The maximum atomic E-state index is 13.1.